The molecule has 1 fully saturated rings. The molecule has 13 heteroatoms. The number of anilines is 1. The Hall–Kier alpha value is -3.25. The fourth-order valence-corrected chi connectivity index (χ4v) is 6.51. The van der Waals surface area contributed by atoms with Crippen LogP contribution in [0.2, 0.25) is 10.0 Å². The number of nitrogens with zero attached hydrogens (tertiary/aromatic N) is 4. The maximum absolute atomic E-state index is 14.1. The number of phenols is 1. The van der Waals surface area contributed by atoms with Crippen LogP contribution in [0.5, 0.6) is 11.5 Å². The quantitative estimate of drug-likeness (QED) is 0.232. The predicted molar refractivity (Wildman–Crippen MR) is 144 cm³/mol. The minimum absolute atomic E-state index is 0.00936. The molecule has 0 spiro atoms. The van der Waals surface area contributed by atoms with Gasteiger partial charge in [-0.3, -0.25) is 10.4 Å². The van der Waals surface area contributed by atoms with E-state index in [1.165, 1.54) is 41.9 Å². The van der Waals surface area contributed by atoms with Crippen LogP contribution in [-0.2, 0) is 0 Å². The zero-order valence-electron chi connectivity index (χ0n) is 18.8. The Kier molecular flexibility index (Phi) is 6.03. The third-order valence-electron chi connectivity index (χ3n) is 5.85. The number of fused-ring (bicyclic) bond motifs is 2. The molecule has 2 aromatic heterocycles. The van der Waals surface area contributed by atoms with Gasteiger partial charge < -0.3 is 9.84 Å². The van der Waals surface area contributed by atoms with Gasteiger partial charge in [-0.25, -0.2) is 23.7 Å². The zero-order valence-corrected chi connectivity index (χ0v) is 21.9. The lowest BCUT2D eigenvalue weighted by Gasteiger charge is -2.23. The van der Waals surface area contributed by atoms with Gasteiger partial charge in [-0.05, 0) is 42.0 Å². The molecule has 37 heavy (non-hydrogen) atoms. The van der Waals surface area contributed by atoms with Crippen molar-refractivity contribution in [2.75, 3.05) is 12.1 Å². The van der Waals surface area contributed by atoms with E-state index in [1.54, 1.807) is 30.3 Å². The third-order valence-corrected chi connectivity index (χ3v) is 8.88. The summed E-state index contributed by atoms with van der Waals surface area (Å²) in [6, 6.07) is 10.4. The average molecular weight is 578 g/mol. The Morgan fingerprint density at radius 3 is 2.41 bits per heavy atom. The lowest BCUT2D eigenvalue weighted by Crippen LogP contribution is -2.34. The minimum atomic E-state index is -0.522. The summed E-state index contributed by atoms with van der Waals surface area (Å²) in [5.41, 5.74) is 5.20. The second kappa shape index (κ2) is 9.25. The lowest BCUT2D eigenvalue weighted by molar-refractivity contribution is 0.372. The fraction of sp³-hybridized carbons (Fsp3) is 0.125. The molecular weight excluding hydrogens is 563 g/mol. The van der Waals surface area contributed by atoms with Crippen molar-refractivity contribution in [2.45, 2.75) is 12.5 Å². The first kappa shape index (κ1) is 24.1. The first-order valence-electron chi connectivity index (χ1n) is 10.8. The number of aromatic nitrogens is 2. The molecule has 3 aromatic carbocycles. The number of hydrazine groups is 1. The molecule has 1 aliphatic heterocycles. The van der Waals surface area contributed by atoms with Gasteiger partial charge in [0.2, 0.25) is 10.3 Å². The molecular formula is C24H15Cl2F2N5O2S2. The van der Waals surface area contributed by atoms with Crippen molar-refractivity contribution in [1.29, 1.82) is 0 Å². The van der Waals surface area contributed by atoms with Crippen LogP contribution >= 0.6 is 45.9 Å². The van der Waals surface area contributed by atoms with E-state index in [-0.39, 0.29) is 21.8 Å². The molecule has 1 atom stereocenters. The number of methoxy groups -OCH3 is 1. The summed E-state index contributed by atoms with van der Waals surface area (Å²) in [5, 5.41) is 12.9. The number of hydrogen-bond acceptors (Lipinski definition) is 8. The molecule has 2 N–H and O–H groups in total. The van der Waals surface area contributed by atoms with Crippen molar-refractivity contribution in [3.8, 4) is 11.5 Å². The van der Waals surface area contributed by atoms with Crippen LogP contribution in [0.3, 0.4) is 0 Å². The lowest BCUT2D eigenvalue weighted by atomic mass is 10.0. The number of thiazole rings is 2. The first-order valence-corrected chi connectivity index (χ1v) is 13.2. The molecule has 1 aliphatic rings. The van der Waals surface area contributed by atoms with Crippen LogP contribution in [0.15, 0.2) is 47.5 Å². The minimum Gasteiger partial charge on any atom is -0.504 e. The molecule has 0 saturated carbocycles. The Morgan fingerprint density at radius 2 is 1.70 bits per heavy atom. The summed E-state index contributed by atoms with van der Waals surface area (Å²) in [6.45, 7) is 0. The number of rotatable bonds is 4. The van der Waals surface area contributed by atoms with Crippen LogP contribution in [0.25, 0.3) is 20.4 Å². The second-order valence-electron chi connectivity index (χ2n) is 8.10. The van der Waals surface area contributed by atoms with Crippen molar-refractivity contribution in [1.82, 2.24) is 15.4 Å². The highest BCUT2D eigenvalue weighted by Gasteiger charge is 2.34. The van der Waals surface area contributed by atoms with Crippen molar-refractivity contribution in [2.24, 2.45) is 4.99 Å². The monoisotopic (exact) mass is 577 g/mol. The number of benzene rings is 3. The standard InChI is InChI=1S/C24H15Cl2F2N5O2S2/c1-35-17-8-10(2-7-16(17)34)15-9-18(31-23-29-13-5-3-11(27)19(25)21(13)36-23)32-33(15)24-30-14-6-4-12(28)20(26)22(14)37-24/h2-8,15,34H,9H2,1H3,(H,29,31,32). The average Bonchev–Trinajstić information content (AvgIpc) is 3.61. The molecule has 0 radical (unpaired) electrons. The van der Waals surface area contributed by atoms with Gasteiger partial charge in [0.15, 0.2) is 11.5 Å². The molecule has 0 aliphatic carbocycles. The molecule has 0 bridgehead atoms. The first-order chi connectivity index (χ1) is 17.8. The van der Waals surface area contributed by atoms with Crippen molar-refractivity contribution in [3.05, 3.63) is 69.7 Å². The van der Waals surface area contributed by atoms with Crippen LogP contribution in [0.1, 0.15) is 18.0 Å². The van der Waals surface area contributed by atoms with Crippen LogP contribution in [-0.4, -0.2) is 28.0 Å². The van der Waals surface area contributed by atoms with E-state index in [0.717, 1.165) is 5.56 Å². The zero-order chi connectivity index (χ0) is 25.8. The van der Waals surface area contributed by atoms with Gasteiger partial charge in [0.25, 0.3) is 0 Å². The molecule has 5 aromatic rings. The van der Waals surface area contributed by atoms with Crippen molar-refractivity contribution < 1.29 is 18.6 Å². The number of phenolic OH excluding ortho intramolecular Hbond substituents is 1. The van der Waals surface area contributed by atoms with Gasteiger partial charge in [0.05, 0.1) is 43.6 Å². The number of aliphatic imine (C=N–C) groups is 1. The maximum Gasteiger partial charge on any atom is 0.212 e. The fourth-order valence-electron chi connectivity index (χ4n) is 4.07. The Labute approximate surface area is 226 Å². The highest BCUT2D eigenvalue weighted by Crippen LogP contribution is 2.42. The van der Waals surface area contributed by atoms with Crippen LogP contribution < -0.4 is 15.2 Å². The van der Waals surface area contributed by atoms with Crippen LogP contribution in [0, 0.1) is 11.6 Å². The van der Waals surface area contributed by atoms with Gasteiger partial charge in [-0.2, -0.15) is 0 Å². The van der Waals surface area contributed by atoms with E-state index < -0.39 is 11.6 Å². The van der Waals surface area contributed by atoms with Gasteiger partial charge in [0, 0.05) is 6.42 Å². The summed E-state index contributed by atoms with van der Waals surface area (Å²) >= 11 is 14.7. The summed E-state index contributed by atoms with van der Waals surface area (Å²) in [6.07, 6.45) is 0.421. The van der Waals surface area contributed by atoms with E-state index in [1.807, 2.05) is 5.01 Å². The van der Waals surface area contributed by atoms with E-state index in [9.17, 15) is 13.9 Å². The highest BCUT2D eigenvalue weighted by atomic mass is 35.5. The highest BCUT2D eigenvalue weighted by molar-refractivity contribution is 7.23. The summed E-state index contributed by atoms with van der Waals surface area (Å²) in [5.74, 6) is -0.135. The van der Waals surface area contributed by atoms with E-state index in [0.29, 0.717) is 48.7 Å². The van der Waals surface area contributed by atoms with Crippen molar-refractivity contribution in [3.63, 3.8) is 0 Å². The predicted octanol–water partition coefficient (Wildman–Crippen LogP) is 7.39. The Morgan fingerprint density at radius 1 is 1.03 bits per heavy atom. The van der Waals surface area contributed by atoms with E-state index in [4.69, 9.17) is 27.9 Å². The molecule has 188 valence electrons. The molecule has 3 heterocycles. The van der Waals surface area contributed by atoms with Crippen LogP contribution in [0.4, 0.5) is 19.0 Å². The van der Waals surface area contributed by atoms with E-state index >= 15 is 0 Å². The Bertz CT molecular complexity index is 1720. The molecule has 1 unspecified atom stereocenters. The number of hydrogen-bond donors (Lipinski definition) is 2. The SMILES string of the molecule is COc1cc(C2C/C(=N\c3nc4ccc(F)c(Cl)c4s3)NN2c2nc3ccc(F)c(Cl)c3s2)ccc1O. The van der Waals surface area contributed by atoms with Gasteiger partial charge in [0.1, 0.15) is 17.5 Å². The third kappa shape index (κ3) is 4.21. The number of aromatic hydroxyl groups is 1. The number of nitrogens with one attached hydrogen (secondary N) is 1. The summed E-state index contributed by atoms with van der Waals surface area (Å²) < 4.78 is 34.3. The molecule has 7 nitrogen and oxygen atoms in total. The second-order valence-corrected chi connectivity index (χ2v) is 10.8. The van der Waals surface area contributed by atoms with Gasteiger partial charge in [-0.1, -0.05) is 51.9 Å². The summed E-state index contributed by atoms with van der Waals surface area (Å²) in [4.78, 5) is 13.8. The Balaban J connectivity index is 1.43. The molecule has 1 saturated heterocycles. The van der Waals surface area contributed by atoms with Crippen molar-refractivity contribution >= 4 is 82.4 Å². The normalized spacial score (nSPS) is 16.7. The molecule has 6 rings (SSSR count). The van der Waals surface area contributed by atoms with Gasteiger partial charge >= 0.3 is 0 Å². The number of halogens is 4. The van der Waals surface area contributed by atoms with E-state index in [2.05, 4.69) is 20.4 Å². The summed E-state index contributed by atoms with van der Waals surface area (Å²) in [7, 11) is 1.47. The number of amidine groups is 1. The number of ether oxygens (including phenoxy) is 1. The largest absolute Gasteiger partial charge is 0.504 e. The maximum atomic E-state index is 14.1. The van der Waals surface area contributed by atoms with Gasteiger partial charge in [-0.15, -0.1) is 0 Å². The topological polar surface area (TPSA) is 82.9 Å². The smallest absolute Gasteiger partial charge is 0.212 e. The molecule has 0 amide bonds.